The van der Waals surface area contributed by atoms with Crippen LogP contribution in [-0.2, 0) is 38.0 Å². The smallest absolute Gasteiger partial charge is 0.313 e. The van der Waals surface area contributed by atoms with Gasteiger partial charge < -0.3 is 105 Å². The molecule has 0 saturated carbocycles. The summed E-state index contributed by atoms with van der Waals surface area (Å²) in [6, 6.07) is -1.34. The summed E-state index contributed by atoms with van der Waals surface area (Å²) in [7, 11) is 1.08. The molecule has 0 radical (unpaired) electrons. The third-order valence-electron chi connectivity index (χ3n) is 14.4. The van der Waals surface area contributed by atoms with Crippen molar-refractivity contribution >= 4 is 11.9 Å². The van der Waals surface area contributed by atoms with Crippen LogP contribution >= 0.6 is 0 Å². The fourth-order valence-corrected chi connectivity index (χ4v) is 9.61. The SMILES string of the molecule is COC(=O)C1C(O)C[C@@]2(O)C[C@@H](O)C[C@@H](O)[C@H](O)CC[C@@H](O)C[C@@H](O)CC(=O)O[C@@H](C)C(C)[C@H](O)[C@@H](C)/C=C/C=C/C=C/C=C/C=C/C=C/C=C/[C@H](OC3O[C@H](C)[C@@H](O)[C@H](NC[C@@]4(O)OC[C@@H](O)[C@H](O)[C@@H]4O)[C@@H]3O)CC1O2. The summed E-state index contributed by atoms with van der Waals surface area (Å²) in [4.78, 5) is 26.0. The van der Waals surface area contributed by atoms with Crippen LogP contribution in [0, 0.1) is 17.8 Å². The van der Waals surface area contributed by atoms with E-state index in [1.165, 1.54) is 13.0 Å². The van der Waals surface area contributed by atoms with Gasteiger partial charge in [0.2, 0.25) is 5.79 Å². The molecular weight excluding hydrogens is 1010 g/mol. The molecule has 0 aromatic carbocycles. The Bertz CT molecular complexity index is 2020. The molecule has 77 heavy (non-hydrogen) atoms. The first kappa shape index (κ1) is 65.9. The minimum Gasteiger partial charge on any atom is -0.469 e. The van der Waals surface area contributed by atoms with Crippen molar-refractivity contribution in [1.82, 2.24) is 5.32 Å². The fourth-order valence-electron chi connectivity index (χ4n) is 9.61. The fraction of sp³-hybridized carbons (Fsp3) is 0.704. The predicted molar refractivity (Wildman–Crippen MR) is 274 cm³/mol. The van der Waals surface area contributed by atoms with Crippen LogP contribution < -0.4 is 5.32 Å². The molecule has 0 aromatic rings. The minimum absolute atomic E-state index is 0.132. The molecule has 438 valence electrons. The molecule has 0 aromatic heterocycles. The van der Waals surface area contributed by atoms with Gasteiger partial charge in [-0.25, -0.2) is 0 Å². The Morgan fingerprint density at radius 2 is 1.25 bits per heavy atom. The number of hydrogen-bond acceptors (Lipinski definition) is 23. The van der Waals surface area contributed by atoms with Gasteiger partial charge in [0.1, 0.15) is 36.4 Å². The molecule has 4 aliphatic rings. The molecule has 23 nitrogen and oxygen atoms in total. The van der Waals surface area contributed by atoms with E-state index in [0.717, 1.165) is 7.11 Å². The Hall–Kier alpha value is -3.64. The Labute approximate surface area is 449 Å². The normalized spacial score (nSPS) is 46.3. The van der Waals surface area contributed by atoms with E-state index < -0.39 is 184 Å². The molecule has 23 atom stereocenters. The van der Waals surface area contributed by atoms with Gasteiger partial charge in [-0.1, -0.05) is 98.9 Å². The molecule has 4 heterocycles. The average Bonchev–Trinajstić information content (AvgIpc) is 3.36. The highest BCUT2D eigenvalue weighted by Crippen LogP contribution is 2.39. The molecule has 0 spiro atoms. The third-order valence-corrected chi connectivity index (χ3v) is 14.4. The molecule has 0 amide bonds. The van der Waals surface area contributed by atoms with Crippen molar-refractivity contribution in [2.24, 2.45) is 17.8 Å². The van der Waals surface area contributed by atoms with Gasteiger partial charge in [-0.05, 0) is 33.1 Å². The lowest BCUT2D eigenvalue weighted by Crippen LogP contribution is -2.69. The molecule has 2 bridgehead atoms. The van der Waals surface area contributed by atoms with Gasteiger partial charge in [0.25, 0.3) is 0 Å². The molecule has 5 unspecified atom stereocenters. The minimum atomic E-state index is -2.46. The van der Waals surface area contributed by atoms with Crippen molar-refractivity contribution in [1.29, 1.82) is 0 Å². The van der Waals surface area contributed by atoms with E-state index in [4.69, 9.17) is 28.4 Å². The highest BCUT2D eigenvalue weighted by molar-refractivity contribution is 5.74. The first-order valence-corrected chi connectivity index (χ1v) is 26.2. The zero-order valence-corrected chi connectivity index (χ0v) is 44.3. The van der Waals surface area contributed by atoms with E-state index >= 15 is 0 Å². The van der Waals surface area contributed by atoms with E-state index in [0.29, 0.717) is 0 Å². The van der Waals surface area contributed by atoms with Gasteiger partial charge in [-0.3, -0.25) is 9.59 Å². The van der Waals surface area contributed by atoms with Crippen LogP contribution in [0.5, 0.6) is 0 Å². The van der Waals surface area contributed by atoms with Crippen molar-refractivity contribution in [3.63, 3.8) is 0 Å². The first-order chi connectivity index (χ1) is 36.3. The van der Waals surface area contributed by atoms with Crippen LogP contribution in [-0.4, -0.2) is 225 Å². The Morgan fingerprint density at radius 1 is 0.649 bits per heavy atom. The van der Waals surface area contributed by atoms with Crippen molar-refractivity contribution < 1.29 is 110 Å². The van der Waals surface area contributed by atoms with Crippen LogP contribution in [0.1, 0.15) is 79.1 Å². The maximum absolute atomic E-state index is 13.3. The summed E-state index contributed by atoms with van der Waals surface area (Å²) in [5.41, 5.74) is 0. The average molecular weight is 1100 g/mol. The Kier molecular flexibility index (Phi) is 26.8. The number of fused-ring (bicyclic) bond motifs is 2. The summed E-state index contributed by atoms with van der Waals surface area (Å²) >= 11 is 0. The van der Waals surface area contributed by atoms with E-state index in [1.54, 1.807) is 86.8 Å². The summed E-state index contributed by atoms with van der Waals surface area (Å²) in [6.07, 6.45) is -3.40. The van der Waals surface area contributed by atoms with Crippen molar-refractivity contribution in [3.8, 4) is 0 Å². The standard InChI is InChI=1S/C54H85NO22/c1-30-18-16-14-12-10-8-6-7-9-11-13-15-17-19-37(76-52-49(67)45(47(65)33(4)75-52)55-29-54(71)50(68)48(66)41(62)28-73-54)25-42-44(51(69)72-5)40(61)27-53(70,77-42)26-36(58)23-39(60)38(59)21-20-34(56)22-35(57)24-43(63)74-32(3)31(2)46(30)64/h6-19,30-42,44-50,52,55-62,64-68,70-71H,20-29H2,1-5H3/b7-6+,10-8+,11-9+,14-12+,15-13+,18-16+,19-17+/t30-,31?,32-,33+,34+,35+,36-,37-,38+,39+,40?,41+,42?,44?,45-,46+,47+,48-,49-,50-,52?,53+,54+/m0/s1. The largest absolute Gasteiger partial charge is 0.469 e. The highest BCUT2D eigenvalue weighted by atomic mass is 16.7. The van der Waals surface area contributed by atoms with E-state index in [-0.39, 0.29) is 31.6 Å². The first-order valence-electron chi connectivity index (χ1n) is 26.2. The van der Waals surface area contributed by atoms with Crippen LogP contribution in [0.15, 0.2) is 85.1 Å². The predicted octanol–water partition coefficient (Wildman–Crippen LogP) is -1.77. The lowest BCUT2D eigenvalue weighted by molar-refractivity contribution is -0.323. The van der Waals surface area contributed by atoms with E-state index in [9.17, 15) is 81.1 Å². The zero-order chi connectivity index (χ0) is 57.2. The number of methoxy groups -OCH3 is 1. The molecule has 4 aliphatic heterocycles. The van der Waals surface area contributed by atoms with Crippen LogP contribution in [0.3, 0.4) is 0 Å². The third kappa shape index (κ3) is 20.1. The van der Waals surface area contributed by atoms with Crippen molar-refractivity contribution in [2.45, 2.75) is 201 Å². The highest BCUT2D eigenvalue weighted by Gasteiger charge is 2.53. The van der Waals surface area contributed by atoms with Crippen LogP contribution in [0.2, 0.25) is 0 Å². The number of cyclic esters (lactones) is 1. The van der Waals surface area contributed by atoms with E-state index in [1.807, 2.05) is 13.0 Å². The monoisotopic (exact) mass is 1100 g/mol. The topological polar surface area (TPSA) is 385 Å². The van der Waals surface area contributed by atoms with Gasteiger partial charge in [0.05, 0.1) is 99.9 Å². The maximum atomic E-state index is 13.3. The second-order valence-corrected chi connectivity index (χ2v) is 20.7. The quantitative estimate of drug-likeness (QED) is 0.131. The van der Waals surface area contributed by atoms with E-state index in [2.05, 4.69) is 5.32 Å². The number of allylic oxidation sites excluding steroid dienone is 12. The Morgan fingerprint density at radius 3 is 1.86 bits per heavy atom. The number of aliphatic hydroxyl groups excluding tert-OH is 12. The second kappa shape index (κ2) is 31.4. The zero-order valence-electron chi connectivity index (χ0n) is 44.3. The summed E-state index contributed by atoms with van der Waals surface area (Å²) in [5, 5.41) is 155. The number of hydrogen-bond donors (Lipinski definition) is 15. The molecule has 23 heteroatoms. The number of carbonyl (C=O) groups excluding carboxylic acids is 2. The van der Waals surface area contributed by atoms with Gasteiger partial charge in [-0.15, -0.1) is 0 Å². The number of esters is 2. The Balaban J connectivity index is 1.61. The lowest BCUT2D eigenvalue weighted by Gasteiger charge is -2.46. The summed E-state index contributed by atoms with van der Waals surface area (Å²) in [6.45, 7) is 5.44. The molecule has 15 N–H and O–H groups in total. The van der Waals surface area contributed by atoms with Gasteiger partial charge >= 0.3 is 11.9 Å². The second-order valence-electron chi connectivity index (χ2n) is 20.7. The lowest BCUT2D eigenvalue weighted by atomic mass is 9.82. The van der Waals surface area contributed by atoms with Crippen LogP contribution in [0.4, 0.5) is 0 Å². The molecule has 3 saturated heterocycles. The maximum Gasteiger partial charge on any atom is 0.313 e. The van der Waals surface area contributed by atoms with Gasteiger partial charge in [0.15, 0.2) is 12.1 Å². The molecule has 3 fully saturated rings. The molecular formula is C54H85NO22. The number of carbonyl (C=O) groups is 2. The van der Waals surface area contributed by atoms with Crippen molar-refractivity contribution in [3.05, 3.63) is 85.1 Å². The number of nitrogens with one attached hydrogen (secondary N) is 1. The number of rotatable bonds is 6. The summed E-state index contributed by atoms with van der Waals surface area (Å²) in [5.74, 6) is -8.74. The number of aliphatic hydroxyl groups is 14. The van der Waals surface area contributed by atoms with Crippen LogP contribution in [0.25, 0.3) is 0 Å². The number of ether oxygens (including phenoxy) is 6. The molecule has 0 aliphatic carbocycles. The summed E-state index contributed by atoms with van der Waals surface area (Å²) < 4.78 is 34.0. The molecule has 4 rings (SSSR count). The van der Waals surface area contributed by atoms with Crippen molar-refractivity contribution in [2.75, 3.05) is 20.3 Å². The van der Waals surface area contributed by atoms with Gasteiger partial charge in [0, 0.05) is 37.5 Å². The van der Waals surface area contributed by atoms with Gasteiger partial charge in [-0.2, -0.15) is 0 Å².